The topological polar surface area (TPSA) is 103 Å². The minimum Gasteiger partial charge on any atom is -0.496 e. The number of aromatic amines is 1. The summed E-state index contributed by atoms with van der Waals surface area (Å²) in [7, 11) is 1.43. The first-order valence-electron chi connectivity index (χ1n) is 8.57. The molecule has 0 saturated carbocycles. The number of rotatable bonds is 5. The van der Waals surface area contributed by atoms with Gasteiger partial charge in [0.2, 0.25) is 0 Å². The van der Waals surface area contributed by atoms with Gasteiger partial charge in [0.05, 0.1) is 29.4 Å². The van der Waals surface area contributed by atoms with Gasteiger partial charge in [0.25, 0.3) is 11.2 Å². The van der Waals surface area contributed by atoms with Crippen molar-refractivity contribution < 1.29 is 9.66 Å². The van der Waals surface area contributed by atoms with Crippen molar-refractivity contribution in [2.24, 2.45) is 4.99 Å². The molecule has 0 spiro atoms. The zero-order chi connectivity index (χ0) is 20.4. The molecule has 0 bridgehead atoms. The number of nitro groups is 1. The van der Waals surface area contributed by atoms with Gasteiger partial charge in [-0.3, -0.25) is 20.0 Å². The number of hydrogen-bond acceptors (Lipinski definition) is 5. The zero-order valence-corrected chi connectivity index (χ0v) is 16.0. The van der Waals surface area contributed by atoms with Crippen LogP contribution in [0.2, 0.25) is 0 Å². The number of benzene rings is 2. The summed E-state index contributed by atoms with van der Waals surface area (Å²) in [5.41, 5.74) is 3.43. The average molecular weight is 380 g/mol. The van der Waals surface area contributed by atoms with Crippen LogP contribution < -0.4 is 10.3 Å². The van der Waals surface area contributed by atoms with Gasteiger partial charge in [-0.05, 0) is 44.5 Å². The van der Waals surface area contributed by atoms with Crippen LogP contribution in [0.25, 0.3) is 5.69 Å². The molecule has 0 fully saturated rings. The summed E-state index contributed by atoms with van der Waals surface area (Å²) in [4.78, 5) is 27.8. The van der Waals surface area contributed by atoms with E-state index < -0.39 is 4.92 Å². The number of nitrogens with one attached hydrogen (secondary N) is 1. The lowest BCUT2D eigenvalue weighted by atomic mass is 10.1. The summed E-state index contributed by atoms with van der Waals surface area (Å²) in [6.45, 7) is 5.67. The van der Waals surface area contributed by atoms with Crippen molar-refractivity contribution in [3.05, 3.63) is 79.3 Å². The molecule has 2 aromatic carbocycles. The molecule has 28 heavy (non-hydrogen) atoms. The second-order valence-electron chi connectivity index (χ2n) is 6.45. The van der Waals surface area contributed by atoms with Crippen LogP contribution in [0.4, 0.5) is 11.4 Å². The van der Waals surface area contributed by atoms with E-state index in [0.717, 1.165) is 16.8 Å². The standard InChI is InChI=1S/C20H20N4O4/c1-12-5-8-18(13(2)9-12)23-20(25)16(14(3)22-23)11-21-17-7-6-15(28-4)10-19(17)24(26)27/h5-11,22H,1-4H3. The van der Waals surface area contributed by atoms with Crippen LogP contribution in [0.3, 0.4) is 0 Å². The highest BCUT2D eigenvalue weighted by atomic mass is 16.6. The van der Waals surface area contributed by atoms with Crippen molar-refractivity contribution >= 4 is 17.6 Å². The predicted molar refractivity (Wildman–Crippen MR) is 108 cm³/mol. The Hall–Kier alpha value is -3.68. The lowest BCUT2D eigenvalue weighted by molar-refractivity contribution is -0.384. The molecule has 8 heteroatoms. The number of aromatic nitrogens is 2. The van der Waals surface area contributed by atoms with Crippen LogP contribution in [-0.4, -0.2) is 28.0 Å². The Morgan fingerprint density at radius 1 is 1.18 bits per heavy atom. The van der Waals surface area contributed by atoms with E-state index in [-0.39, 0.29) is 16.9 Å². The molecular formula is C20H20N4O4. The van der Waals surface area contributed by atoms with Gasteiger partial charge in [0, 0.05) is 11.9 Å². The van der Waals surface area contributed by atoms with Gasteiger partial charge >= 0.3 is 0 Å². The number of aryl methyl sites for hydroxylation is 3. The normalized spacial score (nSPS) is 11.1. The van der Waals surface area contributed by atoms with Gasteiger partial charge in [-0.15, -0.1) is 0 Å². The molecule has 0 unspecified atom stereocenters. The van der Waals surface area contributed by atoms with E-state index in [2.05, 4.69) is 10.1 Å². The van der Waals surface area contributed by atoms with E-state index in [1.165, 1.54) is 30.1 Å². The molecule has 0 amide bonds. The molecule has 0 atom stereocenters. The van der Waals surface area contributed by atoms with E-state index in [0.29, 0.717) is 17.0 Å². The predicted octanol–water partition coefficient (Wildman–Crippen LogP) is 3.76. The number of hydrogen-bond donors (Lipinski definition) is 1. The smallest absolute Gasteiger partial charge is 0.298 e. The number of H-pyrrole nitrogens is 1. The van der Waals surface area contributed by atoms with Gasteiger partial charge in [-0.2, -0.15) is 0 Å². The van der Waals surface area contributed by atoms with E-state index in [1.54, 1.807) is 13.0 Å². The van der Waals surface area contributed by atoms with Crippen LogP contribution in [0.15, 0.2) is 46.2 Å². The molecule has 0 saturated heterocycles. The fraction of sp³-hybridized carbons (Fsp3) is 0.200. The van der Waals surface area contributed by atoms with Crippen molar-refractivity contribution in [3.63, 3.8) is 0 Å². The van der Waals surface area contributed by atoms with Gasteiger partial charge in [-0.1, -0.05) is 17.7 Å². The fourth-order valence-electron chi connectivity index (χ4n) is 2.96. The number of nitro benzene ring substituents is 1. The third-order valence-electron chi connectivity index (χ3n) is 4.42. The van der Waals surface area contributed by atoms with Crippen LogP contribution >= 0.6 is 0 Å². The maximum atomic E-state index is 12.9. The van der Waals surface area contributed by atoms with Gasteiger partial charge < -0.3 is 4.74 Å². The van der Waals surface area contributed by atoms with Crippen LogP contribution in [-0.2, 0) is 0 Å². The number of nitrogens with zero attached hydrogens (tertiary/aromatic N) is 3. The minimum absolute atomic E-state index is 0.142. The number of methoxy groups -OCH3 is 1. The lowest BCUT2D eigenvalue weighted by Gasteiger charge is -2.06. The third kappa shape index (κ3) is 3.57. The largest absolute Gasteiger partial charge is 0.496 e. The monoisotopic (exact) mass is 380 g/mol. The molecule has 0 aliphatic carbocycles. The third-order valence-corrected chi connectivity index (χ3v) is 4.42. The van der Waals surface area contributed by atoms with Crippen LogP contribution in [0.1, 0.15) is 22.4 Å². The summed E-state index contributed by atoms with van der Waals surface area (Å²) >= 11 is 0. The molecule has 1 N–H and O–H groups in total. The van der Waals surface area contributed by atoms with E-state index in [9.17, 15) is 14.9 Å². The van der Waals surface area contributed by atoms with Crippen molar-refractivity contribution in [2.45, 2.75) is 20.8 Å². The molecule has 8 nitrogen and oxygen atoms in total. The van der Waals surface area contributed by atoms with Crippen molar-refractivity contribution in [3.8, 4) is 11.4 Å². The molecule has 0 aliphatic rings. The van der Waals surface area contributed by atoms with E-state index in [1.807, 2.05) is 32.0 Å². The molecule has 0 aliphatic heterocycles. The van der Waals surface area contributed by atoms with Gasteiger partial charge in [0.1, 0.15) is 11.4 Å². The highest BCUT2D eigenvalue weighted by Gasteiger charge is 2.16. The Labute approximate surface area is 161 Å². The van der Waals surface area contributed by atoms with Crippen molar-refractivity contribution in [1.82, 2.24) is 9.78 Å². The van der Waals surface area contributed by atoms with Crippen LogP contribution in [0.5, 0.6) is 5.75 Å². The number of ether oxygens (including phenoxy) is 1. The molecule has 1 heterocycles. The lowest BCUT2D eigenvalue weighted by Crippen LogP contribution is -2.18. The van der Waals surface area contributed by atoms with Crippen molar-refractivity contribution in [1.29, 1.82) is 0 Å². The SMILES string of the molecule is COc1ccc(N=Cc2c(C)[nH]n(-c3ccc(C)cc3C)c2=O)c([N+](=O)[O-])c1. The average Bonchev–Trinajstić information content (AvgIpc) is 2.93. The second-order valence-corrected chi connectivity index (χ2v) is 6.45. The van der Waals surface area contributed by atoms with E-state index in [4.69, 9.17) is 4.74 Å². The second kappa shape index (κ2) is 7.51. The minimum atomic E-state index is -0.535. The number of aliphatic imine (C=N–C) groups is 1. The van der Waals surface area contributed by atoms with Gasteiger partial charge in [-0.25, -0.2) is 9.67 Å². The highest BCUT2D eigenvalue weighted by Crippen LogP contribution is 2.31. The summed E-state index contributed by atoms with van der Waals surface area (Å²) < 4.78 is 6.47. The Morgan fingerprint density at radius 2 is 1.93 bits per heavy atom. The van der Waals surface area contributed by atoms with Crippen LogP contribution in [0, 0.1) is 30.9 Å². The molecular weight excluding hydrogens is 360 g/mol. The van der Waals surface area contributed by atoms with Gasteiger partial charge in [0.15, 0.2) is 0 Å². The van der Waals surface area contributed by atoms with Crippen molar-refractivity contribution in [2.75, 3.05) is 7.11 Å². The molecule has 0 radical (unpaired) electrons. The Balaban J connectivity index is 2.04. The first-order valence-corrected chi connectivity index (χ1v) is 8.57. The first-order chi connectivity index (χ1) is 13.3. The zero-order valence-electron chi connectivity index (χ0n) is 16.0. The molecule has 1 aromatic heterocycles. The Bertz CT molecular complexity index is 1140. The molecule has 3 rings (SSSR count). The first kappa shape index (κ1) is 19.1. The van der Waals surface area contributed by atoms with E-state index >= 15 is 0 Å². The molecule has 144 valence electrons. The maximum Gasteiger partial charge on any atom is 0.298 e. The summed E-state index contributed by atoms with van der Waals surface area (Å²) in [6, 6.07) is 10.2. The Morgan fingerprint density at radius 3 is 2.57 bits per heavy atom. The maximum absolute atomic E-state index is 12.9. The summed E-state index contributed by atoms with van der Waals surface area (Å²) in [5.74, 6) is 0.362. The quantitative estimate of drug-likeness (QED) is 0.413. The fourth-order valence-corrected chi connectivity index (χ4v) is 2.96. The summed E-state index contributed by atoms with van der Waals surface area (Å²) in [5, 5.41) is 14.3. The molecule has 3 aromatic rings. The Kier molecular flexibility index (Phi) is 5.12. The highest BCUT2D eigenvalue weighted by molar-refractivity contribution is 5.84. The summed E-state index contributed by atoms with van der Waals surface area (Å²) in [6.07, 6.45) is 1.35.